The molecule has 0 heterocycles. The van der Waals surface area contributed by atoms with Gasteiger partial charge < -0.3 is 10.4 Å². The zero-order valence-electron chi connectivity index (χ0n) is 22.7. The van der Waals surface area contributed by atoms with Gasteiger partial charge in [0.05, 0.1) is 17.9 Å². The van der Waals surface area contributed by atoms with Crippen LogP contribution >= 0.6 is 0 Å². The van der Waals surface area contributed by atoms with E-state index >= 15 is 0 Å². The Labute approximate surface area is 216 Å². The minimum Gasteiger partial charge on any atom is -0.387 e. The van der Waals surface area contributed by atoms with Gasteiger partial charge in [-0.2, -0.15) is 8.42 Å². The molecule has 0 aromatic rings. The lowest BCUT2D eigenvalue weighted by atomic mass is 10.0. The Bertz CT molecular complexity index is 621. The highest BCUT2D eigenvalue weighted by atomic mass is 32.2. The smallest absolute Gasteiger partial charge is 0.267 e. The molecule has 35 heavy (non-hydrogen) atoms. The van der Waals surface area contributed by atoms with Crippen molar-refractivity contribution in [3.8, 4) is 0 Å². The van der Waals surface area contributed by atoms with Gasteiger partial charge in [0.15, 0.2) is 0 Å². The molecule has 0 saturated carbocycles. The van der Waals surface area contributed by atoms with Crippen molar-refractivity contribution >= 4 is 16.0 Å². The van der Waals surface area contributed by atoms with E-state index < -0.39 is 28.0 Å². The molecular formula is C28H55NO5S. The van der Waals surface area contributed by atoms with Crippen molar-refractivity contribution < 1.29 is 22.9 Å². The van der Waals surface area contributed by atoms with Crippen LogP contribution in [0.5, 0.6) is 0 Å². The topological polar surface area (TPSA) is 104 Å². The summed E-state index contributed by atoms with van der Waals surface area (Å²) >= 11 is 0. The summed E-state index contributed by atoms with van der Waals surface area (Å²) in [5.41, 5.74) is 0. The number of carbonyl (C=O) groups excluding carboxylic acids is 1. The summed E-state index contributed by atoms with van der Waals surface area (Å²) < 4.78 is 31.8. The maximum Gasteiger partial charge on any atom is 0.267 e. The predicted molar refractivity (Wildman–Crippen MR) is 147 cm³/mol. The lowest BCUT2D eigenvalue weighted by Gasteiger charge is -2.21. The highest BCUT2D eigenvalue weighted by molar-refractivity contribution is 7.85. The third-order valence-electron chi connectivity index (χ3n) is 6.46. The van der Waals surface area contributed by atoms with Crippen LogP contribution in [0.15, 0.2) is 12.2 Å². The van der Waals surface area contributed by atoms with Crippen molar-refractivity contribution in [3.05, 3.63) is 12.2 Å². The Hall–Kier alpha value is -0.920. The first-order valence-electron chi connectivity index (χ1n) is 14.4. The Morgan fingerprint density at radius 1 is 0.743 bits per heavy atom. The zero-order chi connectivity index (χ0) is 26.2. The lowest BCUT2D eigenvalue weighted by molar-refractivity contribution is -0.122. The van der Waals surface area contributed by atoms with E-state index in [9.17, 15) is 22.9 Å². The van der Waals surface area contributed by atoms with Crippen molar-refractivity contribution in [1.82, 2.24) is 5.32 Å². The second-order valence-electron chi connectivity index (χ2n) is 10.0. The van der Waals surface area contributed by atoms with Crippen molar-refractivity contribution in [2.24, 2.45) is 0 Å². The highest BCUT2D eigenvalue weighted by Crippen LogP contribution is 2.14. The highest BCUT2D eigenvalue weighted by Gasteiger charge is 2.24. The van der Waals surface area contributed by atoms with E-state index in [1.54, 1.807) is 6.08 Å². The number of hydrogen-bond acceptors (Lipinski definition) is 4. The van der Waals surface area contributed by atoms with Crippen LogP contribution in [-0.2, 0) is 14.9 Å². The maximum atomic E-state index is 12.3. The molecule has 2 atom stereocenters. The second kappa shape index (κ2) is 23.5. The third kappa shape index (κ3) is 24.5. The number of amides is 1. The Balaban J connectivity index is 3.91. The molecule has 0 aromatic carbocycles. The van der Waals surface area contributed by atoms with E-state index in [1.165, 1.54) is 83.1 Å². The number of nitrogens with one attached hydrogen (secondary N) is 1. The summed E-state index contributed by atoms with van der Waals surface area (Å²) in [5.74, 6) is -0.982. The SMILES string of the molecule is CCCCC/C=C/C(O)C(CS(=O)(=O)O)NC(=O)CCCCCCCCCCCCCCCCC. The Morgan fingerprint density at radius 2 is 1.17 bits per heavy atom. The first kappa shape index (κ1) is 34.1. The molecule has 0 aliphatic heterocycles. The van der Waals surface area contributed by atoms with E-state index in [1.807, 2.05) is 0 Å². The standard InChI is InChI=1S/C28H55NO5S/c1-3-5-7-9-10-11-12-13-14-15-16-17-18-20-22-24-28(31)29-26(25-35(32,33)34)27(30)23-21-19-8-6-4-2/h21,23,26-27,30H,3-20,22,24-25H2,1-2H3,(H,29,31)(H,32,33,34)/b23-21+. The molecule has 0 bridgehead atoms. The van der Waals surface area contributed by atoms with E-state index in [2.05, 4.69) is 19.2 Å². The van der Waals surface area contributed by atoms with Crippen LogP contribution in [0.4, 0.5) is 0 Å². The molecule has 208 valence electrons. The maximum absolute atomic E-state index is 12.3. The molecule has 2 unspecified atom stereocenters. The fourth-order valence-electron chi connectivity index (χ4n) is 4.27. The molecule has 3 N–H and O–H groups in total. The van der Waals surface area contributed by atoms with Gasteiger partial charge in [0, 0.05) is 6.42 Å². The molecule has 0 aliphatic carbocycles. The van der Waals surface area contributed by atoms with Crippen molar-refractivity contribution in [1.29, 1.82) is 0 Å². The number of aliphatic hydroxyl groups excluding tert-OH is 1. The van der Waals surface area contributed by atoms with Crippen LogP contribution in [0.25, 0.3) is 0 Å². The molecular weight excluding hydrogens is 462 g/mol. The molecule has 0 rings (SSSR count). The van der Waals surface area contributed by atoms with Gasteiger partial charge in [-0.15, -0.1) is 0 Å². The molecule has 1 amide bonds. The summed E-state index contributed by atoms with van der Waals surface area (Å²) in [4.78, 5) is 12.3. The number of hydrogen-bond donors (Lipinski definition) is 3. The molecule has 0 spiro atoms. The Morgan fingerprint density at radius 3 is 1.63 bits per heavy atom. The second-order valence-corrected chi connectivity index (χ2v) is 11.5. The molecule has 0 aromatic heterocycles. The van der Waals surface area contributed by atoms with E-state index in [-0.39, 0.29) is 5.91 Å². The van der Waals surface area contributed by atoms with Gasteiger partial charge in [0.25, 0.3) is 10.1 Å². The van der Waals surface area contributed by atoms with Crippen LogP contribution < -0.4 is 5.32 Å². The molecule has 0 saturated heterocycles. The molecule has 0 aliphatic rings. The fraction of sp³-hybridized carbons (Fsp3) is 0.893. The van der Waals surface area contributed by atoms with Gasteiger partial charge in [-0.05, 0) is 19.3 Å². The fourth-order valence-corrected chi connectivity index (χ4v) is 5.00. The van der Waals surface area contributed by atoms with E-state index in [0.29, 0.717) is 6.42 Å². The minimum atomic E-state index is -4.31. The summed E-state index contributed by atoms with van der Waals surface area (Å²) in [6.07, 6.45) is 25.2. The monoisotopic (exact) mass is 517 g/mol. The minimum absolute atomic E-state index is 0.285. The summed E-state index contributed by atoms with van der Waals surface area (Å²) in [6, 6.07) is -1.05. The van der Waals surface area contributed by atoms with Crippen LogP contribution in [0.1, 0.15) is 142 Å². The molecule has 0 fully saturated rings. The van der Waals surface area contributed by atoms with E-state index in [0.717, 1.165) is 44.9 Å². The third-order valence-corrected chi connectivity index (χ3v) is 7.24. The van der Waals surface area contributed by atoms with Gasteiger partial charge in [0.2, 0.25) is 5.91 Å². The number of carbonyl (C=O) groups is 1. The lowest BCUT2D eigenvalue weighted by Crippen LogP contribution is -2.46. The van der Waals surface area contributed by atoms with Crippen LogP contribution in [0.3, 0.4) is 0 Å². The number of unbranched alkanes of at least 4 members (excludes halogenated alkanes) is 17. The predicted octanol–water partition coefficient (Wildman–Crippen LogP) is 7.12. The van der Waals surface area contributed by atoms with Gasteiger partial charge >= 0.3 is 0 Å². The summed E-state index contributed by atoms with van der Waals surface area (Å²) in [6.45, 7) is 4.36. The average molecular weight is 518 g/mol. The summed E-state index contributed by atoms with van der Waals surface area (Å²) in [7, 11) is -4.31. The first-order valence-corrected chi connectivity index (χ1v) is 16.0. The first-order chi connectivity index (χ1) is 16.8. The van der Waals surface area contributed by atoms with Crippen LogP contribution in [0.2, 0.25) is 0 Å². The van der Waals surface area contributed by atoms with Crippen LogP contribution in [-0.4, -0.2) is 41.9 Å². The zero-order valence-corrected chi connectivity index (χ0v) is 23.5. The average Bonchev–Trinajstić information content (AvgIpc) is 2.80. The van der Waals surface area contributed by atoms with E-state index in [4.69, 9.17) is 0 Å². The number of rotatable bonds is 25. The van der Waals surface area contributed by atoms with Gasteiger partial charge in [-0.1, -0.05) is 129 Å². The molecule has 7 heteroatoms. The quantitative estimate of drug-likeness (QED) is 0.0679. The van der Waals surface area contributed by atoms with Crippen molar-refractivity contribution in [2.45, 2.75) is 154 Å². The van der Waals surface area contributed by atoms with Gasteiger partial charge in [0.1, 0.15) is 0 Å². The number of allylic oxidation sites excluding steroid dienone is 1. The molecule has 0 radical (unpaired) electrons. The molecule has 6 nitrogen and oxygen atoms in total. The van der Waals surface area contributed by atoms with Crippen molar-refractivity contribution in [2.75, 3.05) is 5.75 Å². The van der Waals surface area contributed by atoms with Crippen LogP contribution in [0, 0.1) is 0 Å². The van der Waals surface area contributed by atoms with Gasteiger partial charge in [-0.3, -0.25) is 9.35 Å². The van der Waals surface area contributed by atoms with Gasteiger partial charge in [-0.25, -0.2) is 0 Å². The largest absolute Gasteiger partial charge is 0.387 e. The summed E-state index contributed by atoms with van der Waals surface area (Å²) in [5, 5.41) is 12.9. The Kier molecular flexibility index (Phi) is 22.9. The number of aliphatic hydroxyl groups is 1. The normalized spacial score (nSPS) is 13.8. The van der Waals surface area contributed by atoms with Crippen molar-refractivity contribution in [3.63, 3.8) is 0 Å².